The van der Waals surface area contributed by atoms with Gasteiger partial charge in [-0.25, -0.2) is 18.2 Å². The summed E-state index contributed by atoms with van der Waals surface area (Å²) in [4.78, 5) is 19.2. The van der Waals surface area contributed by atoms with Gasteiger partial charge in [0.05, 0.1) is 17.3 Å². The van der Waals surface area contributed by atoms with Crippen LogP contribution in [0.4, 0.5) is 24.5 Å². The minimum Gasteiger partial charge on any atom is -0.397 e. The van der Waals surface area contributed by atoms with Crippen molar-refractivity contribution in [2.24, 2.45) is 10.7 Å². The smallest absolute Gasteiger partial charge is 0.276 e. The van der Waals surface area contributed by atoms with Gasteiger partial charge in [-0.15, -0.1) is 0 Å². The van der Waals surface area contributed by atoms with Gasteiger partial charge < -0.3 is 21.5 Å². The van der Waals surface area contributed by atoms with Crippen LogP contribution in [0.25, 0.3) is 0 Å². The molecule has 11 heteroatoms. The summed E-state index contributed by atoms with van der Waals surface area (Å²) in [6.07, 6.45) is -1.14. The van der Waals surface area contributed by atoms with Crippen LogP contribution in [0.1, 0.15) is 10.5 Å². The number of nitrogens with two attached hydrogens (primary N) is 2. The van der Waals surface area contributed by atoms with E-state index in [1.165, 1.54) is 36.5 Å². The number of aliphatic imine (C=N–C) groups is 1. The van der Waals surface area contributed by atoms with Crippen molar-refractivity contribution in [3.8, 4) is 0 Å². The van der Waals surface area contributed by atoms with E-state index in [-0.39, 0.29) is 36.2 Å². The lowest BCUT2D eigenvalue weighted by atomic mass is 10.2. The third kappa shape index (κ3) is 6.39. The standard InChI is InChI=1S/C12H9ClFN3O.C5H8F2N2O/c13-7-5-10(15)11(16-6-7)12(18)17-9-3-1-8(14)2-4-9;6-5(7)3-1-10-2-4(8)9-3/h1-6H,15H2,(H,17,18);3,5H,1-2H2,(H2,8,9). The minimum atomic E-state index is -2.47. The highest BCUT2D eigenvalue weighted by Gasteiger charge is 2.22. The number of benzene rings is 1. The number of halogens is 4. The summed E-state index contributed by atoms with van der Waals surface area (Å²) in [7, 11) is 0. The number of nitrogens with zero attached hydrogens (tertiary/aromatic N) is 2. The molecule has 3 rings (SSSR count). The van der Waals surface area contributed by atoms with E-state index in [0.717, 1.165) is 0 Å². The molecule has 1 aromatic heterocycles. The fraction of sp³-hybridized carbons (Fsp3) is 0.235. The molecule has 0 radical (unpaired) electrons. The van der Waals surface area contributed by atoms with Crippen LogP contribution in [0.3, 0.4) is 0 Å². The van der Waals surface area contributed by atoms with Crippen LogP contribution in [0, 0.1) is 5.82 Å². The number of rotatable bonds is 3. The predicted octanol–water partition coefficient (Wildman–Crippen LogP) is 2.72. The Hall–Kier alpha value is -2.85. The number of amides is 1. The number of hydrogen-bond donors (Lipinski definition) is 3. The van der Waals surface area contributed by atoms with E-state index in [9.17, 15) is 18.0 Å². The first-order valence-corrected chi connectivity index (χ1v) is 8.30. The maximum Gasteiger partial charge on any atom is 0.276 e. The zero-order chi connectivity index (χ0) is 20.7. The number of alkyl halides is 2. The Morgan fingerprint density at radius 2 is 1.96 bits per heavy atom. The molecule has 0 bridgehead atoms. The maximum absolute atomic E-state index is 12.7. The number of carbonyl (C=O) groups is 1. The number of nitrogens with one attached hydrogen (secondary N) is 1. The quantitative estimate of drug-likeness (QED) is 0.712. The average Bonchev–Trinajstić information content (AvgIpc) is 2.64. The fourth-order valence-electron chi connectivity index (χ4n) is 2.07. The van der Waals surface area contributed by atoms with E-state index < -0.39 is 18.4 Å². The molecule has 1 amide bonds. The first kappa shape index (κ1) is 21.5. The summed E-state index contributed by atoms with van der Waals surface area (Å²) in [5, 5.41) is 2.91. The molecule has 1 unspecified atom stereocenters. The largest absolute Gasteiger partial charge is 0.397 e. The monoisotopic (exact) mass is 415 g/mol. The third-order valence-corrected chi connectivity index (χ3v) is 3.57. The molecule has 0 aliphatic carbocycles. The number of anilines is 2. The highest BCUT2D eigenvalue weighted by Crippen LogP contribution is 2.17. The lowest BCUT2D eigenvalue weighted by Crippen LogP contribution is -2.34. The number of hydrogen-bond acceptors (Lipinski definition) is 6. The van der Waals surface area contributed by atoms with E-state index in [0.29, 0.717) is 10.7 Å². The molecule has 2 heterocycles. The second kappa shape index (κ2) is 9.90. The van der Waals surface area contributed by atoms with Crippen molar-refractivity contribution >= 4 is 34.7 Å². The summed E-state index contributed by atoms with van der Waals surface area (Å²) >= 11 is 5.68. The highest BCUT2D eigenvalue weighted by molar-refractivity contribution is 6.30. The van der Waals surface area contributed by atoms with Crippen molar-refractivity contribution in [1.82, 2.24) is 4.98 Å². The molecule has 0 saturated carbocycles. The van der Waals surface area contributed by atoms with Crippen LogP contribution >= 0.6 is 11.6 Å². The van der Waals surface area contributed by atoms with E-state index in [2.05, 4.69) is 15.3 Å². The number of nitrogen functional groups attached to an aromatic ring is 1. The molecule has 1 atom stereocenters. The van der Waals surface area contributed by atoms with Gasteiger partial charge in [0.15, 0.2) is 5.69 Å². The van der Waals surface area contributed by atoms with Crippen LogP contribution in [-0.4, -0.2) is 42.4 Å². The first-order chi connectivity index (χ1) is 13.3. The lowest BCUT2D eigenvalue weighted by Gasteiger charge is -2.17. The van der Waals surface area contributed by atoms with Gasteiger partial charge in [0, 0.05) is 11.9 Å². The van der Waals surface area contributed by atoms with Gasteiger partial charge in [-0.05, 0) is 30.3 Å². The average molecular weight is 416 g/mol. The van der Waals surface area contributed by atoms with Crippen molar-refractivity contribution in [2.45, 2.75) is 12.5 Å². The SMILES string of the molecule is NC1=NC(C(F)F)COC1.Nc1cc(Cl)cnc1C(=O)Nc1ccc(F)cc1. The molecule has 5 N–H and O–H groups in total. The van der Waals surface area contributed by atoms with Gasteiger partial charge in [-0.3, -0.25) is 9.79 Å². The van der Waals surface area contributed by atoms with Gasteiger partial charge in [0.25, 0.3) is 12.3 Å². The van der Waals surface area contributed by atoms with Gasteiger partial charge in [0.2, 0.25) is 0 Å². The lowest BCUT2D eigenvalue weighted by molar-refractivity contribution is 0.0505. The van der Waals surface area contributed by atoms with Crippen molar-refractivity contribution < 1.29 is 22.7 Å². The van der Waals surface area contributed by atoms with Crippen LogP contribution < -0.4 is 16.8 Å². The summed E-state index contributed by atoms with van der Waals surface area (Å²) in [5.74, 6) is -0.704. The molecule has 150 valence electrons. The zero-order valence-corrected chi connectivity index (χ0v) is 15.2. The molecule has 28 heavy (non-hydrogen) atoms. The van der Waals surface area contributed by atoms with Crippen molar-refractivity contribution in [2.75, 3.05) is 24.3 Å². The van der Waals surface area contributed by atoms with Crippen LogP contribution in [0.15, 0.2) is 41.5 Å². The Bertz CT molecular complexity index is 849. The molecule has 1 aliphatic heterocycles. The fourth-order valence-corrected chi connectivity index (χ4v) is 2.24. The molecule has 2 aromatic rings. The van der Waals surface area contributed by atoms with E-state index in [4.69, 9.17) is 27.8 Å². The third-order valence-electron chi connectivity index (χ3n) is 3.36. The second-order valence-corrected chi connectivity index (χ2v) is 6.03. The first-order valence-electron chi connectivity index (χ1n) is 7.92. The maximum atomic E-state index is 12.7. The highest BCUT2D eigenvalue weighted by atomic mass is 35.5. The van der Waals surface area contributed by atoms with Crippen molar-refractivity contribution in [1.29, 1.82) is 0 Å². The van der Waals surface area contributed by atoms with Gasteiger partial charge >= 0.3 is 0 Å². The summed E-state index contributed by atoms with van der Waals surface area (Å²) < 4.78 is 41.1. The van der Waals surface area contributed by atoms with E-state index >= 15 is 0 Å². The van der Waals surface area contributed by atoms with Crippen LogP contribution in [-0.2, 0) is 4.74 Å². The van der Waals surface area contributed by atoms with Crippen molar-refractivity contribution in [3.63, 3.8) is 0 Å². The molecule has 1 aromatic carbocycles. The van der Waals surface area contributed by atoms with E-state index in [1.807, 2.05) is 0 Å². The second-order valence-electron chi connectivity index (χ2n) is 5.59. The molecule has 0 fully saturated rings. The number of amidine groups is 1. The zero-order valence-electron chi connectivity index (χ0n) is 14.4. The Balaban J connectivity index is 0.000000237. The van der Waals surface area contributed by atoms with Crippen LogP contribution in [0.2, 0.25) is 5.02 Å². The number of pyridine rings is 1. The summed E-state index contributed by atoms with van der Waals surface area (Å²) in [6.45, 7) is 0.140. The molecule has 1 aliphatic rings. The Labute approximate surface area is 163 Å². The normalized spacial score (nSPS) is 16.0. The summed E-state index contributed by atoms with van der Waals surface area (Å²) in [6, 6.07) is 5.75. The van der Waals surface area contributed by atoms with Gasteiger partial charge in [-0.2, -0.15) is 0 Å². The topological polar surface area (TPSA) is 116 Å². The Morgan fingerprint density at radius 3 is 2.50 bits per heavy atom. The molecule has 0 spiro atoms. The van der Waals surface area contributed by atoms with Crippen LogP contribution in [0.5, 0.6) is 0 Å². The summed E-state index contributed by atoms with van der Waals surface area (Å²) in [5.41, 5.74) is 11.5. The molecule has 7 nitrogen and oxygen atoms in total. The van der Waals surface area contributed by atoms with Crippen molar-refractivity contribution in [3.05, 3.63) is 53.1 Å². The predicted molar refractivity (Wildman–Crippen MR) is 100 cm³/mol. The van der Waals surface area contributed by atoms with Gasteiger partial charge in [0.1, 0.15) is 24.3 Å². The number of ether oxygens (including phenoxy) is 1. The Kier molecular flexibility index (Phi) is 7.59. The molecular formula is C17H17ClF3N5O2. The molecular weight excluding hydrogens is 399 g/mol. The van der Waals surface area contributed by atoms with Gasteiger partial charge in [-0.1, -0.05) is 11.6 Å². The minimum absolute atomic E-state index is 0.0294. The number of aromatic nitrogens is 1. The molecule has 0 saturated heterocycles. The van der Waals surface area contributed by atoms with E-state index in [1.54, 1.807) is 0 Å². The number of carbonyl (C=O) groups excluding carboxylic acids is 1. The Morgan fingerprint density at radius 1 is 1.29 bits per heavy atom.